The molecule has 0 radical (unpaired) electrons. The van der Waals surface area contributed by atoms with Crippen LogP contribution in [0.2, 0.25) is 0 Å². The third-order valence-electron chi connectivity index (χ3n) is 7.48. The van der Waals surface area contributed by atoms with Crippen LogP contribution in [-0.4, -0.2) is 42.1 Å². The molecule has 0 aliphatic rings. The summed E-state index contributed by atoms with van der Waals surface area (Å²) in [5, 5.41) is 18.1. The Morgan fingerprint density at radius 1 is 0.600 bits per heavy atom. The summed E-state index contributed by atoms with van der Waals surface area (Å²) in [6.07, 6.45) is 1.74. The molecule has 0 heterocycles. The Labute approximate surface area is 265 Å². The van der Waals surface area contributed by atoms with E-state index in [1.165, 1.54) is 11.1 Å². The lowest BCUT2D eigenvalue weighted by molar-refractivity contribution is -0.134. The Balaban J connectivity index is 1.27. The van der Waals surface area contributed by atoms with Gasteiger partial charge >= 0.3 is 5.97 Å². The number of benzene rings is 5. The van der Waals surface area contributed by atoms with E-state index in [9.17, 15) is 9.90 Å². The van der Waals surface area contributed by atoms with Gasteiger partial charge in [-0.25, -0.2) is 0 Å². The van der Waals surface area contributed by atoms with Crippen molar-refractivity contribution in [2.24, 2.45) is 0 Å². The number of carbonyl (C=O) groups is 1. The Morgan fingerprint density at radius 2 is 1.07 bits per heavy atom. The maximum Gasteiger partial charge on any atom is 0.311 e. The first kappa shape index (κ1) is 31.7. The molecule has 2 N–H and O–H groups in total. The van der Waals surface area contributed by atoms with E-state index in [2.05, 4.69) is 77.7 Å². The molecule has 5 aromatic carbocycles. The maximum atomic E-state index is 12.5. The fourth-order valence-electron chi connectivity index (χ4n) is 5.08. The van der Waals surface area contributed by atoms with Crippen LogP contribution in [0.3, 0.4) is 0 Å². The number of unbranched alkanes of at least 4 members (excludes halogenated alkanes) is 2. The van der Waals surface area contributed by atoms with Gasteiger partial charge in [-0.3, -0.25) is 4.79 Å². The van der Waals surface area contributed by atoms with E-state index in [4.69, 9.17) is 14.6 Å². The van der Waals surface area contributed by atoms with E-state index in [-0.39, 0.29) is 19.2 Å². The Bertz CT molecular complexity index is 1510. The van der Waals surface area contributed by atoms with Crippen LogP contribution in [0.1, 0.15) is 25.7 Å². The van der Waals surface area contributed by atoms with Gasteiger partial charge in [0, 0.05) is 30.1 Å². The number of aliphatic hydroxyl groups is 2. The van der Waals surface area contributed by atoms with Crippen molar-refractivity contribution in [3.05, 3.63) is 133 Å². The van der Waals surface area contributed by atoms with Crippen molar-refractivity contribution >= 4 is 23.0 Å². The first-order valence-electron chi connectivity index (χ1n) is 15.4. The number of carbonyl (C=O) groups excluding carboxylic acids is 1. The lowest BCUT2D eigenvalue weighted by atomic mass is 10.0. The molecule has 6 heteroatoms. The number of ether oxygens (including phenoxy) is 2. The van der Waals surface area contributed by atoms with E-state index in [0.29, 0.717) is 25.2 Å². The van der Waals surface area contributed by atoms with E-state index in [1.807, 2.05) is 60.7 Å². The fourth-order valence-corrected chi connectivity index (χ4v) is 5.08. The van der Waals surface area contributed by atoms with E-state index < -0.39 is 6.10 Å². The number of anilines is 3. The summed E-state index contributed by atoms with van der Waals surface area (Å²) < 4.78 is 10.9. The average molecular weight is 602 g/mol. The molecule has 0 aromatic heterocycles. The minimum atomic E-state index is -0.848. The molecule has 1 atom stereocenters. The van der Waals surface area contributed by atoms with Crippen LogP contribution in [0, 0.1) is 0 Å². The first-order chi connectivity index (χ1) is 22.1. The monoisotopic (exact) mass is 601 g/mol. The second-order valence-electron chi connectivity index (χ2n) is 10.9. The van der Waals surface area contributed by atoms with Crippen molar-refractivity contribution in [1.82, 2.24) is 0 Å². The minimum Gasteiger partial charge on any atom is -0.427 e. The molecule has 0 saturated carbocycles. The second-order valence-corrected chi connectivity index (χ2v) is 10.9. The van der Waals surface area contributed by atoms with Crippen LogP contribution < -0.4 is 9.64 Å². The Morgan fingerprint density at radius 3 is 1.56 bits per heavy atom. The molecule has 0 spiro atoms. The number of esters is 1. The summed E-state index contributed by atoms with van der Waals surface area (Å²) >= 11 is 0. The molecular weight excluding hydrogens is 562 g/mol. The van der Waals surface area contributed by atoms with Crippen LogP contribution in [0.25, 0.3) is 22.3 Å². The van der Waals surface area contributed by atoms with E-state index in [0.717, 1.165) is 41.0 Å². The smallest absolute Gasteiger partial charge is 0.311 e. The van der Waals surface area contributed by atoms with Crippen LogP contribution in [0.5, 0.6) is 5.75 Å². The quantitative estimate of drug-likeness (QED) is 0.0714. The molecule has 45 heavy (non-hydrogen) atoms. The molecule has 5 aromatic rings. The summed E-state index contributed by atoms with van der Waals surface area (Å²) in [5.41, 5.74) is 7.60. The lowest BCUT2D eigenvalue weighted by Gasteiger charge is -2.26. The topological polar surface area (TPSA) is 79.2 Å². The van der Waals surface area contributed by atoms with Gasteiger partial charge in [-0.15, -0.1) is 0 Å². The average Bonchev–Trinajstić information content (AvgIpc) is 3.10. The number of hydrogen-bond donors (Lipinski definition) is 2. The van der Waals surface area contributed by atoms with Gasteiger partial charge in [0.1, 0.15) is 11.9 Å². The van der Waals surface area contributed by atoms with Crippen molar-refractivity contribution in [2.45, 2.75) is 31.8 Å². The Kier molecular flexibility index (Phi) is 11.5. The Hall–Kier alpha value is -4.75. The van der Waals surface area contributed by atoms with Crippen LogP contribution >= 0.6 is 0 Å². The zero-order valence-electron chi connectivity index (χ0n) is 25.3. The fraction of sp³-hybridized carbons (Fsp3) is 0.205. The van der Waals surface area contributed by atoms with Crippen LogP contribution in [0.15, 0.2) is 133 Å². The highest BCUT2D eigenvalue weighted by atomic mass is 16.5. The zero-order chi connectivity index (χ0) is 31.3. The first-order valence-corrected chi connectivity index (χ1v) is 15.4. The molecule has 5 rings (SSSR count). The number of aliphatic hydroxyl groups excluding tert-OH is 2. The summed E-state index contributed by atoms with van der Waals surface area (Å²) in [5.74, 6) is 0.230. The van der Waals surface area contributed by atoms with Gasteiger partial charge in [0.2, 0.25) is 0 Å². The molecule has 0 fully saturated rings. The van der Waals surface area contributed by atoms with Crippen molar-refractivity contribution in [3.8, 4) is 28.0 Å². The SMILES string of the molecule is O=C(CCCCCOCC(O)CO)Oc1ccc(N(c2ccc(-c3ccccc3)cc2)c2ccc(-c3ccccc3)cc2)cc1. The second kappa shape index (κ2) is 16.4. The van der Waals surface area contributed by atoms with Gasteiger partial charge in [-0.2, -0.15) is 0 Å². The summed E-state index contributed by atoms with van der Waals surface area (Å²) in [7, 11) is 0. The third kappa shape index (κ3) is 9.13. The molecule has 0 aliphatic carbocycles. The van der Waals surface area contributed by atoms with Crippen molar-refractivity contribution in [2.75, 3.05) is 24.7 Å². The number of hydrogen-bond acceptors (Lipinski definition) is 6. The lowest BCUT2D eigenvalue weighted by Crippen LogP contribution is -2.19. The molecule has 0 saturated heterocycles. The number of nitrogens with zero attached hydrogens (tertiary/aromatic N) is 1. The molecule has 6 nitrogen and oxygen atoms in total. The molecule has 230 valence electrons. The molecule has 0 bridgehead atoms. The van der Waals surface area contributed by atoms with Gasteiger partial charge in [-0.05, 0) is 83.6 Å². The van der Waals surface area contributed by atoms with Crippen molar-refractivity contribution in [3.63, 3.8) is 0 Å². The maximum absolute atomic E-state index is 12.5. The highest BCUT2D eigenvalue weighted by molar-refractivity contribution is 5.80. The highest BCUT2D eigenvalue weighted by Gasteiger charge is 2.14. The van der Waals surface area contributed by atoms with Gasteiger partial charge in [0.05, 0.1) is 13.2 Å². The van der Waals surface area contributed by atoms with Gasteiger partial charge < -0.3 is 24.6 Å². The standard InChI is InChI=1S/C39H39NO5/c41-28-37(42)29-44-27-9-3-8-14-39(43)45-38-25-23-36(24-26-38)40(34-19-15-32(16-20-34)30-10-4-1-5-11-30)35-21-17-33(18-22-35)31-12-6-2-7-13-31/h1-2,4-7,10-13,15-26,37,41-42H,3,8-9,14,27-29H2. The summed E-state index contributed by atoms with van der Waals surface area (Å²) in [4.78, 5) is 14.7. The molecular formula is C39H39NO5. The predicted molar refractivity (Wildman–Crippen MR) is 180 cm³/mol. The summed E-state index contributed by atoms with van der Waals surface area (Å²) in [6.45, 7) is 0.284. The molecule has 1 unspecified atom stereocenters. The van der Waals surface area contributed by atoms with Crippen LogP contribution in [-0.2, 0) is 9.53 Å². The summed E-state index contributed by atoms with van der Waals surface area (Å²) in [6, 6.07) is 45.3. The molecule has 0 amide bonds. The van der Waals surface area contributed by atoms with Gasteiger partial charge in [0.15, 0.2) is 0 Å². The van der Waals surface area contributed by atoms with Crippen molar-refractivity contribution in [1.29, 1.82) is 0 Å². The van der Waals surface area contributed by atoms with Crippen molar-refractivity contribution < 1.29 is 24.5 Å². The largest absolute Gasteiger partial charge is 0.427 e. The predicted octanol–water partition coefficient (Wildman–Crippen LogP) is 8.33. The van der Waals surface area contributed by atoms with E-state index in [1.54, 1.807) is 0 Å². The zero-order valence-corrected chi connectivity index (χ0v) is 25.3. The third-order valence-corrected chi connectivity index (χ3v) is 7.48. The van der Waals surface area contributed by atoms with Gasteiger partial charge in [-0.1, -0.05) is 91.3 Å². The highest BCUT2D eigenvalue weighted by Crippen LogP contribution is 2.37. The minimum absolute atomic E-state index is 0.115. The molecule has 0 aliphatic heterocycles. The van der Waals surface area contributed by atoms with E-state index >= 15 is 0 Å². The van der Waals surface area contributed by atoms with Crippen LogP contribution in [0.4, 0.5) is 17.1 Å². The normalized spacial score (nSPS) is 11.6. The number of rotatable bonds is 15. The van der Waals surface area contributed by atoms with Gasteiger partial charge in [0.25, 0.3) is 0 Å².